The molecule has 1 aromatic rings. The van der Waals surface area contributed by atoms with Gasteiger partial charge in [-0.15, -0.1) is 24.0 Å². The van der Waals surface area contributed by atoms with Crippen molar-refractivity contribution in [3.8, 4) is 0 Å². The Labute approximate surface area is 194 Å². The summed E-state index contributed by atoms with van der Waals surface area (Å²) in [4.78, 5) is 18.9. The Balaban J connectivity index is 0.00000784. The lowest BCUT2D eigenvalue weighted by Crippen LogP contribution is -2.43. The molecular formula is C22H40IN5O. The molecule has 0 aliphatic heterocycles. The standard InChI is InChI=1S/C22H39N5O.HI/c1-7-23-21(26-16-15-24-20(28)22(3,4)5)25-14-13-18(2)27(6)17-19-11-9-8-10-12-19;/h8-12,18H,7,13-17H2,1-6H3,(H,24,28)(H2,23,25,26);1H. The van der Waals surface area contributed by atoms with Crippen molar-refractivity contribution in [2.24, 2.45) is 10.4 Å². The molecule has 166 valence electrons. The van der Waals surface area contributed by atoms with Crippen LogP contribution in [0.3, 0.4) is 0 Å². The van der Waals surface area contributed by atoms with Crippen LogP contribution in [0.25, 0.3) is 0 Å². The van der Waals surface area contributed by atoms with Gasteiger partial charge in [-0.3, -0.25) is 14.7 Å². The van der Waals surface area contributed by atoms with E-state index in [-0.39, 0.29) is 35.3 Å². The van der Waals surface area contributed by atoms with Gasteiger partial charge in [-0.1, -0.05) is 51.1 Å². The summed E-state index contributed by atoms with van der Waals surface area (Å²) in [7, 11) is 2.16. The van der Waals surface area contributed by atoms with Crippen LogP contribution in [0.2, 0.25) is 0 Å². The fraction of sp³-hybridized carbons (Fsp3) is 0.636. The third kappa shape index (κ3) is 12.1. The van der Waals surface area contributed by atoms with E-state index in [1.54, 1.807) is 0 Å². The molecular weight excluding hydrogens is 477 g/mol. The number of guanidine groups is 1. The van der Waals surface area contributed by atoms with Crippen LogP contribution in [-0.2, 0) is 11.3 Å². The molecule has 1 atom stereocenters. The molecule has 0 fully saturated rings. The molecule has 3 N–H and O–H groups in total. The van der Waals surface area contributed by atoms with Crippen LogP contribution in [0.5, 0.6) is 0 Å². The van der Waals surface area contributed by atoms with Crippen molar-refractivity contribution in [3.05, 3.63) is 35.9 Å². The number of carbonyl (C=O) groups is 1. The molecule has 1 amide bonds. The molecule has 0 spiro atoms. The molecule has 0 aromatic heterocycles. The van der Waals surface area contributed by atoms with Gasteiger partial charge in [0.15, 0.2) is 5.96 Å². The van der Waals surface area contributed by atoms with Crippen molar-refractivity contribution in [1.29, 1.82) is 0 Å². The van der Waals surface area contributed by atoms with E-state index in [0.717, 1.165) is 32.0 Å². The number of hydrogen-bond acceptors (Lipinski definition) is 3. The lowest BCUT2D eigenvalue weighted by molar-refractivity contribution is -0.128. The van der Waals surface area contributed by atoms with Crippen LogP contribution >= 0.6 is 24.0 Å². The highest BCUT2D eigenvalue weighted by atomic mass is 127. The van der Waals surface area contributed by atoms with Gasteiger partial charge < -0.3 is 16.0 Å². The second-order valence-electron chi connectivity index (χ2n) is 8.23. The fourth-order valence-electron chi connectivity index (χ4n) is 2.57. The molecule has 0 saturated heterocycles. The normalized spacial score (nSPS) is 12.9. The lowest BCUT2D eigenvalue weighted by atomic mass is 9.96. The van der Waals surface area contributed by atoms with Crippen molar-refractivity contribution in [2.75, 3.05) is 33.2 Å². The first-order valence-electron chi connectivity index (χ1n) is 10.3. The van der Waals surface area contributed by atoms with Crippen molar-refractivity contribution in [1.82, 2.24) is 20.9 Å². The third-order valence-electron chi connectivity index (χ3n) is 4.57. The Kier molecular flexibility index (Phi) is 13.9. The highest BCUT2D eigenvalue weighted by Gasteiger charge is 2.20. The molecule has 0 bridgehead atoms. The van der Waals surface area contributed by atoms with E-state index in [0.29, 0.717) is 19.1 Å². The second-order valence-corrected chi connectivity index (χ2v) is 8.23. The van der Waals surface area contributed by atoms with Crippen LogP contribution in [0.15, 0.2) is 35.3 Å². The lowest BCUT2D eigenvalue weighted by Gasteiger charge is -2.24. The summed E-state index contributed by atoms with van der Waals surface area (Å²) in [5.74, 6) is 0.858. The summed E-state index contributed by atoms with van der Waals surface area (Å²) in [5, 5.41) is 9.48. The Morgan fingerprint density at radius 2 is 1.72 bits per heavy atom. The molecule has 6 nitrogen and oxygen atoms in total. The fourth-order valence-corrected chi connectivity index (χ4v) is 2.57. The molecule has 7 heteroatoms. The zero-order chi connectivity index (χ0) is 21.0. The molecule has 1 rings (SSSR count). The average molecular weight is 518 g/mol. The van der Waals surface area contributed by atoms with Gasteiger partial charge in [0.2, 0.25) is 5.91 Å². The minimum Gasteiger partial charge on any atom is -0.357 e. The molecule has 0 heterocycles. The summed E-state index contributed by atoms with van der Waals surface area (Å²) in [5.41, 5.74) is 0.966. The van der Waals surface area contributed by atoms with E-state index in [1.165, 1.54) is 5.56 Å². The van der Waals surface area contributed by atoms with E-state index in [1.807, 2.05) is 26.8 Å². The number of benzene rings is 1. The van der Waals surface area contributed by atoms with Gasteiger partial charge in [-0.2, -0.15) is 0 Å². The maximum Gasteiger partial charge on any atom is 0.225 e. The maximum atomic E-state index is 11.9. The van der Waals surface area contributed by atoms with Crippen molar-refractivity contribution >= 4 is 35.8 Å². The van der Waals surface area contributed by atoms with E-state index in [9.17, 15) is 4.79 Å². The third-order valence-corrected chi connectivity index (χ3v) is 4.57. The highest BCUT2D eigenvalue weighted by Crippen LogP contribution is 2.11. The zero-order valence-electron chi connectivity index (χ0n) is 18.9. The molecule has 0 aliphatic carbocycles. The predicted octanol–water partition coefficient (Wildman–Crippen LogP) is 3.23. The average Bonchev–Trinajstić information content (AvgIpc) is 2.64. The highest BCUT2D eigenvalue weighted by molar-refractivity contribution is 14.0. The Hall–Kier alpha value is -1.35. The molecule has 29 heavy (non-hydrogen) atoms. The first-order valence-corrected chi connectivity index (χ1v) is 10.3. The smallest absolute Gasteiger partial charge is 0.225 e. The van der Waals surface area contributed by atoms with Crippen molar-refractivity contribution < 1.29 is 4.79 Å². The molecule has 0 saturated carbocycles. The number of nitrogens with one attached hydrogen (secondary N) is 3. The van der Waals surface area contributed by atoms with E-state index in [4.69, 9.17) is 0 Å². The number of rotatable bonds is 10. The largest absolute Gasteiger partial charge is 0.357 e. The number of aliphatic imine (C=N–C) groups is 1. The van der Waals surface area contributed by atoms with Crippen LogP contribution in [0.4, 0.5) is 0 Å². The first kappa shape index (κ1) is 27.6. The van der Waals surface area contributed by atoms with Gasteiger partial charge in [0.1, 0.15) is 0 Å². The summed E-state index contributed by atoms with van der Waals surface area (Å²) >= 11 is 0. The number of hydrogen-bond donors (Lipinski definition) is 3. The summed E-state index contributed by atoms with van der Waals surface area (Å²) in [6, 6.07) is 11.0. The summed E-state index contributed by atoms with van der Waals surface area (Å²) in [6.45, 7) is 13.8. The van der Waals surface area contributed by atoms with Gasteiger partial charge in [0.25, 0.3) is 0 Å². The van der Waals surface area contributed by atoms with Crippen molar-refractivity contribution in [2.45, 2.75) is 53.6 Å². The predicted molar refractivity (Wildman–Crippen MR) is 134 cm³/mol. The van der Waals surface area contributed by atoms with Gasteiger partial charge in [0, 0.05) is 44.2 Å². The minimum atomic E-state index is -0.361. The first-order chi connectivity index (χ1) is 13.2. The molecule has 1 aromatic carbocycles. The topological polar surface area (TPSA) is 68.8 Å². The maximum absolute atomic E-state index is 11.9. The molecule has 0 aliphatic rings. The molecule has 1 unspecified atom stereocenters. The van der Waals surface area contributed by atoms with E-state index >= 15 is 0 Å². The van der Waals surface area contributed by atoms with E-state index < -0.39 is 0 Å². The summed E-state index contributed by atoms with van der Waals surface area (Å²) < 4.78 is 0. The minimum absolute atomic E-state index is 0. The van der Waals surface area contributed by atoms with Crippen LogP contribution < -0.4 is 16.0 Å². The number of nitrogens with zero attached hydrogens (tertiary/aromatic N) is 2. The quantitative estimate of drug-likeness (QED) is 0.193. The zero-order valence-corrected chi connectivity index (χ0v) is 21.2. The SMILES string of the molecule is CCNC(=NCCC(C)N(C)Cc1ccccc1)NCCNC(=O)C(C)(C)C.I. The number of halogens is 1. The number of amides is 1. The van der Waals surface area contributed by atoms with Gasteiger partial charge in [-0.25, -0.2) is 0 Å². The Morgan fingerprint density at radius 1 is 1.10 bits per heavy atom. The van der Waals surface area contributed by atoms with E-state index in [2.05, 4.69) is 71.0 Å². The number of carbonyl (C=O) groups excluding carboxylic acids is 1. The van der Waals surface area contributed by atoms with Gasteiger partial charge in [-0.05, 0) is 32.9 Å². The van der Waals surface area contributed by atoms with Crippen LogP contribution in [0, 0.1) is 5.41 Å². The monoisotopic (exact) mass is 517 g/mol. The second kappa shape index (κ2) is 14.6. The summed E-state index contributed by atoms with van der Waals surface area (Å²) in [6.07, 6.45) is 0.987. The van der Waals surface area contributed by atoms with Crippen LogP contribution in [-0.4, -0.2) is 56.0 Å². The Bertz CT molecular complexity index is 601. The Morgan fingerprint density at radius 3 is 2.31 bits per heavy atom. The van der Waals surface area contributed by atoms with Crippen molar-refractivity contribution in [3.63, 3.8) is 0 Å². The van der Waals surface area contributed by atoms with Gasteiger partial charge in [0.05, 0.1) is 0 Å². The van der Waals surface area contributed by atoms with Gasteiger partial charge >= 0.3 is 0 Å². The molecule has 0 radical (unpaired) electrons. The van der Waals surface area contributed by atoms with Crippen LogP contribution in [0.1, 0.15) is 46.6 Å².